The lowest BCUT2D eigenvalue weighted by molar-refractivity contribution is 0.00715. The molecule has 0 aromatic rings. The average molecular weight is 260 g/mol. The van der Waals surface area contributed by atoms with Crippen LogP contribution in [0.3, 0.4) is 0 Å². The Morgan fingerprint density at radius 2 is 2.06 bits per heavy atom. The molecule has 1 fully saturated rings. The maximum Gasteiger partial charge on any atom is 0.315 e. The van der Waals surface area contributed by atoms with Gasteiger partial charge in [-0.25, -0.2) is 4.79 Å². The highest BCUT2D eigenvalue weighted by Crippen LogP contribution is 2.27. The van der Waals surface area contributed by atoms with Crippen LogP contribution in [0.15, 0.2) is 0 Å². The van der Waals surface area contributed by atoms with Crippen LogP contribution in [-0.2, 0) is 0 Å². The second kappa shape index (κ2) is 7.11. The Labute approximate surface area is 108 Å². The van der Waals surface area contributed by atoms with Gasteiger partial charge in [-0.2, -0.15) is 11.8 Å². The van der Waals surface area contributed by atoms with Crippen LogP contribution in [0.5, 0.6) is 0 Å². The second-order valence-electron chi connectivity index (χ2n) is 4.97. The average Bonchev–Trinajstić information content (AvgIpc) is 2.28. The van der Waals surface area contributed by atoms with Crippen molar-refractivity contribution in [3.05, 3.63) is 0 Å². The predicted molar refractivity (Wildman–Crippen MR) is 72.4 cm³/mol. The van der Waals surface area contributed by atoms with E-state index in [2.05, 4.69) is 10.6 Å². The number of carbonyl (C=O) groups excluding carboxylic acids is 1. The summed E-state index contributed by atoms with van der Waals surface area (Å²) in [6, 6.07) is -0.0171. The molecule has 1 aliphatic rings. The van der Waals surface area contributed by atoms with E-state index in [1.165, 1.54) is 6.42 Å². The van der Waals surface area contributed by atoms with Crippen molar-refractivity contribution in [3.8, 4) is 0 Å². The van der Waals surface area contributed by atoms with Gasteiger partial charge < -0.3 is 15.7 Å². The van der Waals surface area contributed by atoms with Gasteiger partial charge in [0.2, 0.25) is 0 Å². The summed E-state index contributed by atoms with van der Waals surface area (Å²) in [7, 11) is 0. The minimum atomic E-state index is -0.682. The third-order valence-corrected chi connectivity index (χ3v) is 3.99. The standard InChI is InChI=1S/C12H24N2O2S/c1-10(8-17-2)14-11(15)13-9-12(16)6-4-3-5-7-12/h10,16H,3-9H2,1-2H3,(H2,13,14,15). The van der Waals surface area contributed by atoms with E-state index in [9.17, 15) is 9.90 Å². The summed E-state index contributed by atoms with van der Waals surface area (Å²) in [5.41, 5.74) is -0.682. The molecule has 0 aromatic heterocycles. The molecule has 1 rings (SSSR count). The van der Waals surface area contributed by atoms with E-state index in [4.69, 9.17) is 0 Å². The summed E-state index contributed by atoms with van der Waals surface area (Å²) in [5, 5.41) is 15.8. The van der Waals surface area contributed by atoms with E-state index < -0.39 is 5.60 Å². The van der Waals surface area contributed by atoms with Gasteiger partial charge >= 0.3 is 6.03 Å². The fraction of sp³-hybridized carbons (Fsp3) is 0.917. The number of urea groups is 1. The molecule has 4 nitrogen and oxygen atoms in total. The highest BCUT2D eigenvalue weighted by atomic mass is 32.2. The highest BCUT2D eigenvalue weighted by Gasteiger charge is 2.29. The molecule has 17 heavy (non-hydrogen) atoms. The number of rotatable bonds is 5. The Balaban J connectivity index is 2.22. The van der Waals surface area contributed by atoms with Gasteiger partial charge in [0.25, 0.3) is 0 Å². The molecular weight excluding hydrogens is 236 g/mol. The van der Waals surface area contributed by atoms with Crippen LogP contribution in [0.1, 0.15) is 39.0 Å². The van der Waals surface area contributed by atoms with Gasteiger partial charge in [0, 0.05) is 18.3 Å². The minimum Gasteiger partial charge on any atom is -0.388 e. The Morgan fingerprint density at radius 1 is 1.41 bits per heavy atom. The van der Waals surface area contributed by atoms with Crippen molar-refractivity contribution in [1.82, 2.24) is 10.6 Å². The number of thioether (sulfide) groups is 1. The third-order valence-electron chi connectivity index (χ3n) is 3.16. The number of hydrogen-bond donors (Lipinski definition) is 3. The number of hydrogen-bond acceptors (Lipinski definition) is 3. The summed E-state index contributed by atoms with van der Waals surface area (Å²) in [6.07, 6.45) is 6.92. The van der Waals surface area contributed by atoms with Crippen molar-refractivity contribution < 1.29 is 9.90 Å². The van der Waals surface area contributed by atoms with E-state index >= 15 is 0 Å². The van der Waals surface area contributed by atoms with Crippen LogP contribution in [0.25, 0.3) is 0 Å². The summed E-state index contributed by atoms with van der Waals surface area (Å²) in [6.45, 7) is 2.34. The van der Waals surface area contributed by atoms with Crippen molar-refractivity contribution in [2.75, 3.05) is 18.6 Å². The van der Waals surface area contributed by atoms with Gasteiger partial charge in [0.1, 0.15) is 0 Å². The van der Waals surface area contributed by atoms with Crippen LogP contribution < -0.4 is 10.6 Å². The molecule has 0 aliphatic heterocycles. The predicted octanol–water partition coefficient (Wildman–Crippen LogP) is 1.73. The summed E-state index contributed by atoms with van der Waals surface area (Å²) in [5.74, 6) is 0.900. The SMILES string of the molecule is CSCC(C)NC(=O)NCC1(O)CCCCC1. The smallest absolute Gasteiger partial charge is 0.315 e. The molecule has 0 spiro atoms. The Hall–Kier alpha value is -0.420. The number of nitrogens with one attached hydrogen (secondary N) is 2. The molecule has 0 saturated heterocycles. The van der Waals surface area contributed by atoms with Gasteiger partial charge in [0.05, 0.1) is 5.60 Å². The maximum absolute atomic E-state index is 11.6. The van der Waals surface area contributed by atoms with Crippen LogP contribution in [0.2, 0.25) is 0 Å². The fourth-order valence-electron chi connectivity index (χ4n) is 2.20. The van der Waals surface area contributed by atoms with Crippen LogP contribution in [0.4, 0.5) is 4.79 Å². The number of carbonyl (C=O) groups is 1. The summed E-state index contributed by atoms with van der Waals surface area (Å²) >= 11 is 1.71. The topological polar surface area (TPSA) is 61.4 Å². The molecule has 0 aromatic carbocycles. The van der Waals surface area contributed by atoms with Crippen LogP contribution >= 0.6 is 11.8 Å². The van der Waals surface area contributed by atoms with Crippen molar-refractivity contribution in [3.63, 3.8) is 0 Å². The quantitative estimate of drug-likeness (QED) is 0.705. The van der Waals surface area contributed by atoms with Gasteiger partial charge in [-0.3, -0.25) is 0 Å². The van der Waals surface area contributed by atoms with Crippen LogP contribution in [0, 0.1) is 0 Å². The number of amides is 2. The Bertz CT molecular complexity index is 243. The molecule has 3 N–H and O–H groups in total. The number of aliphatic hydroxyl groups is 1. The monoisotopic (exact) mass is 260 g/mol. The molecule has 2 amide bonds. The molecule has 1 atom stereocenters. The zero-order valence-electron chi connectivity index (χ0n) is 10.8. The first-order valence-electron chi connectivity index (χ1n) is 6.31. The summed E-state index contributed by atoms with van der Waals surface area (Å²) in [4.78, 5) is 11.6. The van der Waals surface area contributed by atoms with Gasteiger partial charge in [-0.15, -0.1) is 0 Å². The van der Waals surface area contributed by atoms with Gasteiger partial charge in [-0.1, -0.05) is 19.3 Å². The molecule has 0 radical (unpaired) electrons. The molecule has 1 unspecified atom stereocenters. The third kappa shape index (κ3) is 5.64. The minimum absolute atomic E-state index is 0.158. The van der Waals surface area contributed by atoms with Gasteiger partial charge in [0.15, 0.2) is 0 Å². The normalized spacial score (nSPS) is 20.6. The summed E-state index contributed by atoms with van der Waals surface area (Å²) < 4.78 is 0. The molecule has 1 aliphatic carbocycles. The lowest BCUT2D eigenvalue weighted by Crippen LogP contribution is -2.49. The lowest BCUT2D eigenvalue weighted by atomic mass is 9.85. The van der Waals surface area contributed by atoms with E-state index in [-0.39, 0.29) is 12.1 Å². The molecule has 100 valence electrons. The molecular formula is C12H24N2O2S. The lowest BCUT2D eigenvalue weighted by Gasteiger charge is -2.32. The molecule has 0 heterocycles. The maximum atomic E-state index is 11.6. The van der Waals surface area contributed by atoms with E-state index in [0.29, 0.717) is 6.54 Å². The van der Waals surface area contributed by atoms with E-state index in [0.717, 1.165) is 31.4 Å². The van der Waals surface area contributed by atoms with E-state index in [1.54, 1.807) is 11.8 Å². The second-order valence-corrected chi connectivity index (χ2v) is 5.88. The van der Waals surface area contributed by atoms with Crippen LogP contribution in [-0.4, -0.2) is 41.3 Å². The first-order chi connectivity index (χ1) is 8.06. The van der Waals surface area contributed by atoms with Crippen molar-refractivity contribution in [1.29, 1.82) is 0 Å². The Morgan fingerprint density at radius 3 is 2.65 bits per heavy atom. The van der Waals surface area contributed by atoms with Crippen molar-refractivity contribution in [2.24, 2.45) is 0 Å². The van der Waals surface area contributed by atoms with E-state index in [1.807, 2.05) is 13.2 Å². The van der Waals surface area contributed by atoms with Crippen molar-refractivity contribution in [2.45, 2.75) is 50.7 Å². The van der Waals surface area contributed by atoms with Crippen molar-refractivity contribution >= 4 is 17.8 Å². The Kier molecular flexibility index (Phi) is 6.12. The molecule has 5 heteroatoms. The molecule has 1 saturated carbocycles. The van der Waals surface area contributed by atoms with Gasteiger partial charge in [-0.05, 0) is 26.0 Å². The zero-order valence-corrected chi connectivity index (χ0v) is 11.6. The largest absolute Gasteiger partial charge is 0.388 e. The fourth-order valence-corrected chi connectivity index (χ4v) is 2.78. The highest BCUT2D eigenvalue weighted by molar-refractivity contribution is 7.98. The first kappa shape index (κ1) is 14.6. The molecule has 0 bridgehead atoms. The first-order valence-corrected chi connectivity index (χ1v) is 7.71. The zero-order chi connectivity index (χ0) is 12.7.